The van der Waals surface area contributed by atoms with Crippen LogP contribution in [0.3, 0.4) is 0 Å². The van der Waals surface area contributed by atoms with Crippen molar-refractivity contribution in [3.05, 3.63) is 41.2 Å². The number of hydrogen-bond donors (Lipinski definition) is 2. The zero-order chi connectivity index (χ0) is 12.1. The molecule has 0 saturated heterocycles. The van der Waals surface area contributed by atoms with Gasteiger partial charge in [-0.05, 0) is 23.6 Å². The number of anilines is 2. The maximum absolute atomic E-state index is 5.66. The highest BCUT2D eigenvalue weighted by molar-refractivity contribution is 6.28. The molecule has 0 aliphatic rings. The molecule has 3 N–H and O–H groups in total. The lowest BCUT2D eigenvalue weighted by atomic mass is 10.1. The number of nitrogens with two attached hydrogens (primary N) is 1. The summed E-state index contributed by atoms with van der Waals surface area (Å²) in [5.74, 6) is 0.519. The summed E-state index contributed by atoms with van der Waals surface area (Å²) in [6, 6.07) is 10.1. The van der Waals surface area contributed by atoms with E-state index in [1.165, 1.54) is 5.56 Å². The van der Waals surface area contributed by atoms with Crippen molar-refractivity contribution < 1.29 is 0 Å². The third-order valence-corrected chi connectivity index (χ3v) is 2.33. The first-order chi connectivity index (χ1) is 8.24. The van der Waals surface area contributed by atoms with Crippen molar-refractivity contribution in [2.24, 2.45) is 0 Å². The first-order valence-electron chi connectivity index (χ1n) is 5.19. The Morgan fingerprint density at radius 1 is 1.12 bits per heavy atom. The van der Waals surface area contributed by atoms with Crippen LogP contribution in [0.15, 0.2) is 30.3 Å². The van der Waals surface area contributed by atoms with E-state index in [9.17, 15) is 0 Å². The maximum Gasteiger partial charge on any atom is 0.228 e. The van der Waals surface area contributed by atoms with E-state index in [0.29, 0.717) is 12.5 Å². The normalized spacial score (nSPS) is 10.2. The van der Waals surface area contributed by atoms with Gasteiger partial charge in [0.2, 0.25) is 17.2 Å². The predicted molar refractivity (Wildman–Crippen MR) is 67.9 cm³/mol. The summed E-state index contributed by atoms with van der Waals surface area (Å²) in [5.41, 5.74) is 6.70. The first kappa shape index (κ1) is 11.6. The topological polar surface area (TPSA) is 76.7 Å². The molecule has 2 aromatic rings. The smallest absolute Gasteiger partial charge is 0.228 e. The average Bonchev–Trinajstić information content (AvgIpc) is 2.29. The minimum Gasteiger partial charge on any atom is -0.368 e. The molecular weight excluding hydrogens is 238 g/mol. The maximum atomic E-state index is 5.66. The summed E-state index contributed by atoms with van der Waals surface area (Å²) in [6.07, 6.45) is 0.879. The number of nitrogens with one attached hydrogen (secondary N) is 1. The van der Waals surface area contributed by atoms with Crippen LogP contribution in [0.5, 0.6) is 0 Å². The standard InChI is InChI=1S/C11H12ClN5/c12-9-15-10(13)17-11(16-9)14-7-6-8-4-2-1-3-5-8/h1-5H,6-7H2,(H3,13,14,15,16,17). The molecule has 17 heavy (non-hydrogen) atoms. The Hall–Kier alpha value is -1.88. The molecule has 0 aliphatic carbocycles. The third kappa shape index (κ3) is 3.57. The Morgan fingerprint density at radius 2 is 1.88 bits per heavy atom. The van der Waals surface area contributed by atoms with E-state index in [1.807, 2.05) is 18.2 Å². The van der Waals surface area contributed by atoms with E-state index in [4.69, 9.17) is 17.3 Å². The van der Waals surface area contributed by atoms with Gasteiger partial charge < -0.3 is 11.1 Å². The summed E-state index contributed by atoms with van der Waals surface area (Å²) in [6.45, 7) is 0.712. The quantitative estimate of drug-likeness (QED) is 0.864. The van der Waals surface area contributed by atoms with Crippen molar-refractivity contribution in [2.45, 2.75) is 6.42 Å². The molecule has 0 amide bonds. The molecule has 0 saturated carbocycles. The highest BCUT2D eigenvalue weighted by atomic mass is 35.5. The first-order valence-corrected chi connectivity index (χ1v) is 5.57. The van der Waals surface area contributed by atoms with Crippen LogP contribution in [0.25, 0.3) is 0 Å². The second-order valence-corrected chi connectivity index (χ2v) is 3.79. The fourth-order valence-electron chi connectivity index (χ4n) is 1.41. The fourth-order valence-corrected chi connectivity index (χ4v) is 1.57. The Kier molecular flexibility index (Phi) is 3.72. The molecular formula is C11H12ClN5. The number of rotatable bonds is 4. The lowest BCUT2D eigenvalue weighted by Crippen LogP contribution is -2.10. The van der Waals surface area contributed by atoms with E-state index in [-0.39, 0.29) is 11.2 Å². The molecule has 0 unspecified atom stereocenters. The van der Waals surface area contributed by atoms with Crippen LogP contribution in [0, 0.1) is 0 Å². The van der Waals surface area contributed by atoms with Gasteiger partial charge in [-0.15, -0.1) is 0 Å². The number of hydrogen-bond acceptors (Lipinski definition) is 5. The van der Waals surface area contributed by atoms with Crippen LogP contribution in [0.2, 0.25) is 5.28 Å². The number of halogens is 1. The van der Waals surface area contributed by atoms with Gasteiger partial charge in [0, 0.05) is 6.54 Å². The SMILES string of the molecule is Nc1nc(Cl)nc(NCCc2ccccc2)n1. The van der Waals surface area contributed by atoms with Gasteiger partial charge in [-0.1, -0.05) is 30.3 Å². The number of benzene rings is 1. The van der Waals surface area contributed by atoms with Crippen molar-refractivity contribution in [3.8, 4) is 0 Å². The molecule has 5 nitrogen and oxygen atoms in total. The van der Waals surface area contributed by atoms with Gasteiger partial charge in [-0.3, -0.25) is 0 Å². The molecule has 88 valence electrons. The van der Waals surface area contributed by atoms with Crippen molar-refractivity contribution >= 4 is 23.5 Å². The van der Waals surface area contributed by atoms with E-state index >= 15 is 0 Å². The van der Waals surface area contributed by atoms with Crippen molar-refractivity contribution in [1.29, 1.82) is 0 Å². The van der Waals surface area contributed by atoms with Gasteiger partial charge in [0.15, 0.2) is 0 Å². The molecule has 0 atom stereocenters. The van der Waals surface area contributed by atoms with Crippen LogP contribution in [-0.4, -0.2) is 21.5 Å². The number of nitrogen functional groups attached to an aromatic ring is 1. The van der Waals surface area contributed by atoms with Crippen LogP contribution in [0.1, 0.15) is 5.56 Å². The summed E-state index contributed by atoms with van der Waals surface area (Å²) in [7, 11) is 0. The summed E-state index contributed by atoms with van der Waals surface area (Å²) in [4.78, 5) is 11.5. The number of aromatic nitrogens is 3. The minimum atomic E-state index is 0.0970. The van der Waals surface area contributed by atoms with Gasteiger partial charge in [-0.2, -0.15) is 15.0 Å². The Balaban J connectivity index is 1.90. The monoisotopic (exact) mass is 249 g/mol. The third-order valence-electron chi connectivity index (χ3n) is 2.17. The minimum absolute atomic E-state index is 0.0970. The molecule has 0 bridgehead atoms. The Bertz CT molecular complexity index is 468. The second-order valence-electron chi connectivity index (χ2n) is 3.45. The van der Waals surface area contributed by atoms with E-state index < -0.39 is 0 Å². The molecule has 0 fully saturated rings. The summed E-state index contributed by atoms with van der Waals surface area (Å²) >= 11 is 5.66. The summed E-state index contributed by atoms with van der Waals surface area (Å²) in [5, 5.41) is 3.15. The average molecular weight is 250 g/mol. The Labute approximate surface area is 104 Å². The van der Waals surface area contributed by atoms with Gasteiger partial charge in [0.05, 0.1) is 0 Å². The van der Waals surface area contributed by atoms with Gasteiger partial charge in [0.25, 0.3) is 0 Å². The molecule has 1 aromatic carbocycles. The van der Waals surface area contributed by atoms with Crippen LogP contribution in [-0.2, 0) is 6.42 Å². The lowest BCUT2D eigenvalue weighted by Gasteiger charge is -2.05. The Morgan fingerprint density at radius 3 is 2.59 bits per heavy atom. The predicted octanol–water partition coefficient (Wildman–Crippen LogP) is 1.76. The number of nitrogens with zero attached hydrogens (tertiary/aromatic N) is 3. The second kappa shape index (κ2) is 5.45. The largest absolute Gasteiger partial charge is 0.368 e. The van der Waals surface area contributed by atoms with Gasteiger partial charge >= 0.3 is 0 Å². The highest BCUT2D eigenvalue weighted by Crippen LogP contribution is 2.07. The zero-order valence-electron chi connectivity index (χ0n) is 9.10. The molecule has 0 radical (unpaired) electrons. The van der Waals surface area contributed by atoms with E-state index in [0.717, 1.165) is 6.42 Å². The lowest BCUT2D eigenvalue weighted by molar-refractivity contribution is 0.968. The van der Waals surface area contributed by atoms with Crippen molar-refractivity contribution in [3.63, 3.8) is 0 Å². The van der Waals surface area contributed by atoms with Crippen LogP contribution >= 0.6 is 11.6 Å². The molecule has 2 rings (SSSR count). The molecule has 1 heterocycles. The zero-order valence-corrected chi connectivity index (χ0v) is 9.85. The van der Waals surface area contributed by atoms with Crippen LogP contribution in [0.4, 0.5) is 11.9 Å². The molecule has 0 aliphatic heterocycles. The van der Waals surface area contributed by atoms with E-state index in [1.54, 1.807) is 0 Å². The van der Waals surface area contributed by atoms with Crippen molar-refractivity contribution in [2.75, 3.05) is 17.6 Å². The molecule has 6 heteroatoms. The summed E-state index contributed by atoms with van der Waals surface area (Å²) < 4.78 is 0. The van der Waals surface area contributed by atoms with Gasteiger partial charge in [-0.25, -0.2) is 0 Å². The molecule has 1 aromatic heterocycles. The fraction of sp³-hybridized carbons (Fsp3) is 0.182. The van der Waals surface area contributed by atoms with E-state index in [2.05, 4.69) is 32.4 Å². The molecule has 0 spiro atoms. The highest BCUT2D eigenvalue weighted by Gasteiger charge is 2.01. The van der Waals surface area contributed by atoms with Crippen molar-refractivity contribution in [1.82, 2.24) is 15.0 Å². The van der Waals surface area contributed by atoms with Gasteiger partial charge in [0.1, 0.15) is 0 Å². The van der Waals surface area contributed by atoms with Crippen LogP contribution < -0.4 is 11.1 Å².